The van der Waals surface area contributed by atoms with Crippen LogP contribution >= 0.6 is 0 Å². The third-order valence-electron chi connectivity index (χ3n) is 11.9. The molecule has 18 aromatic heterocycles. The predicted molar refractivity (Wildman–Crippen MR) is 554 cm³/mol. The van der Waals surface area contributed by atoms with E-state index in [1.54, 1.807) is 130 Å². The second kappa shape index (κ2) is 63.7. The van der Waals surface area contributed by atoms with E-state index in [9.17, 15) is 0 Å². The second-order valence-corrected chi connectivity index (χ2v) is 41.0. The van der Waals surface area contributed by atoms with Gasteiger partial charge in [0.05, 0.1) is 63.4 Å². The van der Waals surface area contributed by atoms with Crippen LogP contribution in [0.25, 0.3) is 98.8 Å². The topological polar surface area (TPSA) is 299 Å². The molecular formula is C108H151N23. The number of aromatic nitrogens is 23. The van der Waals surface area contributed by atoms with Crippen molar-refractivity contribution in [2.45, 2.75) is 228 Å². The molecule has 0 atom stereocenters. The van der Waals surface area contributed by atoms with Crippen LogP contribution in [-0.2, 0) is 0 Å². The largest absolute Gasteiger partial charge is 0.264 e. The normalized spacial score (nSPS) is 10.4. The lowest BCUT2D eigenvalue weighted by Crippen LogP contribution is -1.93. The summed E-state index contributed by atoms with van der Waals surface area (Å²) in [5.41, 5.74) is 12.8. The zero-order valence-corrected chi connectivity index (χ0v) is 84.8. The van der Waals surface area contributed by atoms with Crippen molar-refractivity contribution in [3.8, 4) is 0 Å². The Labute approximate surface area is 782 Å². The first-order valence-electron chi connectivity index (χ1n) is 44.3. The lowest BCUT2D eigenvalue weighted by atomic mass is 10.0. The Balaban J connectivity index is 0.000000701. The first-order chi connectivity index (χ1) is 61.4. The number of hydrogen-bond acceptors (Lipinski definition) is 22. The van der Waals surface area contributed by atoms with E-state index in [-0.39, 0.29) is 0 Å². The number of nitrogens with zero attached hydrogens (tertiary/aromatic N) is 22. The van der Waals surface area contributed by atoms with Gasteiger partial charge in [-0.2, -0.15) is 5.10 Å². The minimum atomic E-state index is 0.500. The highest BCUT2D eigenvalue weighted by molar-refractivity contribution is 5.79. The Morgan fingerprint density at radius 1 is 0.183 bits per heavy atom. The SMILES string of the molecule is CC(C)(C)C.CC(C)(C)C.CC(C)(C)C.CC(C)(C)C.CC(C)(C)C.CC(C)(C)C.CC(C)C.CC(C)C.CC(C)C.c1cc2cncnc2cn1.c1cc2ncncc2cn1.c1cnc2[nH]ncc2c1.c1cnc2cccnc2c1.c1cnc2ccncc2c1.c1cnc2cnccc2c1.c1cnc2cncnc2c1.c1cnc2ncccc2c1.c1cnc2ncncc2c1. The molecular weight excluding hydrogens is 1620 g/mol. The fourth-order valence-electron chi connectivity index (χ4n) is 7.71. The van der Waals surface area contributed by atoms with Crippen LogP contribution in [0.3, 0.4) is 0 Å². The summed E-state index contributed by atoms with van der Waals surface area (Å²) in [6, 6.07) is 42.3. The summed E-state index contributed by atoms with van der Waals surface area (Å²) in [7, 11) is 0. The van der Waals surface area contributed by atoms with Crippen LogP contribution in [0.15, 0.2) is 295 Å². The van der Waals surface area contributed by atoms with Gasteiger partial charge in [-0.1, -0.05) is 235 Å². The van der Waals surface area contributed by atoms with Crippen molar-refractivity contribution in [1.29, 1.82) is 0 Å². The van der Waals surface area contributed by atoms with E-state index in [1.807, 2.05) is 140 Å². The average Bonchev–Trinajstić information content (AvgIpc) is 1.24. The molecule has 0 bridgehead atoms. The summed E-state index contributed by atoms with van der Waals surface area (Å²) in [6.07, 6.45) is 44.5. The maximum Gasteiger partial charge on any atom is 0.162 e. The molecule has 23 heteroatoms. The van der Waals surface area contributed by atoms with E-state index in [0.717, 1.165) is 117 Å². The molecule has 23 nitrogen and oxygen atoms in total. The second-order valence-electron chi connectivity index (χ2n) is 41.0. The number of hydrogen-bond donors (Lipinski definition) is 1. The van der Waals surface area contributed by atoms with Crippen molar-refractivity contribution >= 4 is 98.8 Å². The van der Waals surface area contributed by atoms with E-state index < -0.39 is 0 Å². The van der Waals surface area contributed by atoms with Crippen LogP contribution < -0.4 is 0 Å². The monoisotopic (exact) mass is 1770 g/mol. The van der Waals surface area contributed by atoms with Gasteiger partial charge in [0.15, 0.2) is 16.9 Å². The van der Waals surface area contributed by atoms with E-state index in [2.05, 4.69) is 343 Å². The van der Waals surface area contributed by atoms with Gasteiger partial charge in [0.1, 0.15) is 30.8 Å². The molecule has 698 valence electrons. The molecule has 0 spiro atoms. The van der Waals surface area contributed by atoms with Crippen LogP contribution in [0, 0.1) is 50.2 Å². The molecule has 0 aliphatic carbocycles. The van der Waals surface area contributed by atoms with Crippen LogP contribution in [0.5, 0.6) is 0 Å². The van der Waals surface area contributed by atoms with Gasteiger partial charge in [0.2, 0.25) is 0 Å². The van der Waals surface area contributed by atoms with Crippen LogP contribution in [0.1, 0.15) is 228 Å². The lowest BCUT2D eigenvalue weighted by molar-refractivity contribution is 0.469. The number of fused-ring (bicyclic) bond motifs is 9. The molecule has 131 heavy (non-hydrogen) atoms. The Morgan fingerprint density at radius 3 is 0.817 bits per heavy atom. The van der Waals surface area contributed by atoms with Crippen molar-refractivity contribution in [3.05, 3.63) is 295 Å². The Morgan fingerprint density at radius 2 is 0.427 bits per heavy atom. The Kier molecular flexibility index (Phi) is 56.3. The van der Waals surface area contributed by atoms with Gasteiger partial charge < -0.3 is 0 Å². The van der Waals surface area contributed by atoms with Gasteiger partial charge in [0.25, 0.3) is 0 Å². The molecule has 0 radical (unpaired) electrons. The smallest absolute Gasteiger partial charge is 0.162 e. The van der Waals surface area contributed by atoms with Crippen molar-refractivity contribution in [3.63, 3.8) is 0 Å². The molecule has 0 fully saturated rings. The van der Waals surface area contributed by atoms with Crippen LogP contribution in [0.2, 0.25) is 0 Å². The summed E-state index contributed by atoms with van der Waals surface area (Å²) in [5, 5.41) is 13.9. The van der Waals surface area contributed by atoms with Crippen molar-refractivity contribution < 1.29 is 0 Å². The fourth-order valence-corrected chi connectivity index (χ4v) is 7.71. The highest BCUT2D eigenvalue weighted by atomic mass is 15.1. The van der Waals surface area contributed by atoms with Gasteiger partial charge in [-0.25, -0.2) is 59.8 Å². The molecule has 0 aromatic carbocycles. The average molecular weight is 1770 g/mol. The molecule has 18 rings (SSSR count). The number of pyridine rings is 13. The molecule has 18 heterocycles. The van der Waals surface area contributed by atoms with Crippen molar-refractivity contribution in [1.82, 2.24) is 115 Å². The Hall–Kier alpha value is -13.2. The molecule has 0 amide bonds. The summed E-state index contributed by atoms with van der Waals surface area (Å²) in [4.78, 5) is 84.0. The third-order valence-corrected chi connectivity index (χ3v) is 11.9. The molecule has 0 saturated heterocycles. The summed E-state index contributed by atoms with van der Waals surface area (Å²) < 4.78 is 0. The van der Waals surface area contributed by atoms with E-state index in [0.29, 0.717) is 32.5 Å². The maximum absolute atomic E-state index is 4.14. The van der Waals surface area contributed by atoms with Gasteiger partial charge in [-0.05, 0) is 178 Å². The van der Waals surface area contributed by atoms with Gasteiger partial charge in [0, 0.05) is 149 Å². The molecule has 0 unspecified atom stereocenters. The van der Waals surface area contributed by atoms with Crippen molar-refractivity contribution in [2.75, 3.05) is 0 Å². The highest BCUT2D eigenvalue weighted by Crippen LogP contribution is 2.15. The fraction of sp³-hybridized carbons (Fsp3) is 0.389. The molecule has 18 aromatic rings. The zero-order valence-electron chi connectivity index (χ0n) is 84.8. The predicted octanol–water partition coefficient (Wildman–Crippen LogP) is 28.9. The summed E-state index contributed by atoms with van der Waals surface area (Å²) >= 11 is 0. The quantitative estimate of drug-likeness (QED) is 0.147. The Bertz CT molecular complexity index is 4360. The molecule has 1 N–H and O–H groups in total. The van der Waals surface area contributed by atoms with Gasteiger partial charge in [-0.3, -0.25) is 50.0 Å². The van der Waals surface area contributed by atoms with E-state index in [4.69, 9.17) is 0 Å². The van der Waals surface area contributed by atoms with Gasteiger partial charge >= 0.3 is 0 Å². The first kappa shape index (κ1) is 116. The number of aromatic amines is 1. The van der Waals surface area contributed by atoms with Crippen LogP contribution in [-0.4, -0.2) is 115 Å². The van der Waals surface area contributed by atoms with E-state index >= 15 is 0 Å². The molecule has 0 aliphatic heterocycles. The van der Waals surface area contributed by atoms with Crippen LogP contribution in [0.4, 0.5) is 0 Å². The minimum absolute atomic E-state index is 0.500. The maximum atomic E-state index is 4.14. The minimum Gasteiger partial charge on any atom is -0.264 e. The first-order valence-corrected chi connectivity index (χ1v) is 44.3. The third kappa shape index (κ3) is 70.5. The van der Waals surface area contributed by atoms with Gasteiger partial charge in [-0.15, -0.1) is 0 Å². The summed E-state index contributed by atoms with van der Waals surface area (Å²) in [6.45, 7) is 72.0. The van der Waals surface area contributed by atoms with E-state index in [1.165, 1.54) is 25.3 Å². The summed E-state index contributed by atoms with van der Waals surface area (Å²) in [5.74, 6) is 2.50. The van der Waals surface area contributed by atoms with Crippen molar-refractivity contribution in [2.24, 2.45) is 50.2 Å². The number of rotatable bonds is 0. The standard InChI is InChI=1S/4C8H6N2.4C7H5N3.C6H5N3.6C5H12.3C4H10/c1-3-7-8(9-5-1)4-2-6-10-7;1-3-7-4-2-6-10-8(7)9-5-1;1-2-7-6-9-5-3-8(7)10-4-1;1-2-7-3-5-9-6-8(7)10-4-1;1-2-8-3-6-4-9-5-10-7(1)6;1-2-8-4-7-6(1)3-9-5-10-7;1-2-6-7(9-3-1)4-8-5-10-6;1-2-6-4-8-5-10-7(6)9-3-1;1-2-5-4-8-9-6(5)7-3-1;6*1-5(2,3)4;3*1-4(2)3/h4*1-6H;4*1-5H;1-4H,(H,7,8,9);6*1-4H3;3*4H,1-3H3. The number of nitrogens with one attached hydrogen (secondary N) is 1. The molecule has 0 aliphatic rings. The lowest BCUT2D eigenvalue weighted by Gasteiger charge is -2.05. The number of H-pyrrole nitrogens is 1. The zero-order chi connectivity index (χ0) is 98.3. The molecule has 0 saturated carbocycles. The highest BCUT2D eigenvalue weighted by Gasteiger charge is 2.01.